The van der Waals surface area contributed by atoms with Crippen molar-refractivity contribution in [1.29, 1.82) is 0 Å². The van der Waals surface area contributed by atoms with Crippen molar-refractivity contribution >= 4 is 11.6 Å². The molecule has 3 aromatic rings. The van der Waals surface area contributed by atoms with Gasteiger partial charge in [0.1, 0.15) is 11.5 Å². The first kappa shape index (κ1) is 19.5. The first-order valence-electron chi connectivity index (χ1n) is 8.57. The Kier molecular flexibility index (Phi) is 5.40. The summed E-state index contributed by atoms with van der Waals surface area (Å²) in [4.78, 5) is 11.1. The van der Waals surface area contributed by atoms with E-state index in [1.807, 2.05) is 59.9 Å². The average Bonchev–Trinajstić information content (AvgIpc) is 2.62. The fraction of sp³-hybridized carbons (Fsp3) is 0.136. The van der Waals surface area contributed by atoms with Crippen LogP contribution in [-0.2, 0) is 4.79 Å². The molecule has 1 N–H and O–H groups in total. The number of para-hydroxylation sites is 1. The summed E-state index contributed by atoms with van der Waals surface area (Å²) in [6, 6.07) is 19.9. The minimum Gasteiger partial charge on any atom is -0.457 e. The van der Waals surface area contributed by atoms with Gasteiger partial charge >= 0.3 is 12.1 Å². The zero-order chi connectivity index (χ0) is 20.3. The van der Waals surface area contributed by atoms with Gasteiger partial charge in [0.2, 0.25) is 0 Å². The smallest absolute Gasteiger partial charge is 0.457 e. The first-order chi connectivity index (χ1) is 13.2. The van der Waals surface area contributed by atoms with Gasteiger partial charge in [0.15, 0.2) is 0 Å². The van der Waals surface area contributed by atoms with Gasteiger partial charge in [-0.25, -0.2) is 0 Å². The molecule has 0 saturated carbocycles. The van der Waals surface area contributed by atoms with Gasteiger partial charge < -0.3 is 10.1 Å². The zero-order valence-corrected chi connectivity index (χ0v) is 15.3. The number of alkyl halides is 3. The minimum atomic E-state index is -4.92. The molecule has 0 spiro atoms. The number of ether oxygens (including phenoxy) is 1. The van der Waals surface area contributed by atoms with Crippen molar-refractivity contribution in [3.63, 3.8) is 0 Å². The third-order valence-corrected chi connectivity index (χ3v) is 4.17. The summed E-state index contributed by atoms with van der Waals surface area (Å²) in [5, 5.41) is 1.89. The lowest BCUT2D eigenvalue weighted by Gasteiger charge is -2.15. The second-order valence-corrected chi connectivity index (χ2v) is 6.38. The van der Waals surface area contributed by atoms with E-state index in [0.29, 0.717) is 5.75 Å². The van der Waals surface area contributed by atoms with Crippen LogP contribution in [0.5, 0.6) is 11.5 Å². The predicted octanol–water partition coefficient (Wildman–Crippen LogP) is 6.26. The number of benzene rings is 3. The number of anilines is 1. The fourth-order valence-corrected chi connectivity index (χ4v) is 3.01. The molecule has 0 aromatic heterocycles. The normalized spacial score (nSPS) is 11.2. The van der Waals surface area contributed by atoms with Crippen LogP contribution in [-0.4, -0.2) is 12.1 Å². The molecule has 28 heavy (non-hydrogen) atoms. The number of hydrogen-bond acceptors (Lipinski definition) is 2. The number of amides is 1. The molecule has 144 valence electrons. The van der Waals surface area contributed by atoms with Gasteiger partial charge in [-0.1, -0.05) is 30.3 Å². The molecule has 0 saturated heterocycles. The molecule has 0 aliphatic rings. The summed E-state index contributed by atoms with van der Waals surface area (Å²) in [5.41, 5.74) is 3.44. The number of rotatable bonds is 4. The maximum atomic E-state index is 12.5. The maximum absolute atomic E-state index is 12.5. The van der Waals surface area contributed by atoms with Crippen molar-refractivity contribution in [3.05, 3.63) is 77.9 Å². The summed E-state index contributed by atoms with van der Waals surface area (Å²) in [6.45, 7) is 3.58. The summed E-state index contributed by atoms with van der Waals surface area (Å²) >= 11 is 0. The van der Waals surface area contributed by atoms with Crippen LogP contribution in [0.1, 0.15) is 11.1 Å². The molecule has 3 nitrogen and oxygen atoms in total. The molecule has 6 heteroatoms. The number of carbonyl (C=O) groups excluding carboxylic acids is 1. The summed E-state index contributed by atoms with van der Waals surface area (Å²) in [7, 11) is 0. The molecule has 0 aliphatic heterocycles. The molecule has 0 heterocycles. The molecule has 0 radical (unpaired) electrons. The summed E-state index contributed by atoms with van der Waals surface area (Å²) in [6.07, 6.45) is -4.92. The standard InChI is InChI=1S/C22H18F3NO2/c1-14-12-17(26-21(27)22(23,24)25)13-15(2)20(14)16-8-10-19(11-9-16)28-18-6-4-3-5-7-18/h3-13H,1-2H3,(H,26,27). The Morgan fingerprint density at radius 3 is 1.93 bits per heavy atom. The fourth-order valence-electron chi connectivity index (χ4n) is 3.01. The van der Waals surface area contributed by atoms with E-state index in [2.05, 4.69) is 0 Å². The Morgan fingerprint density at radius 1 is 0.857 bits per heavy atom. The highest BCUT2D eigenvalue weighted by atomic mass is 19.4. The molecule has 0 atom stereocenters. The van der Waals surface area contributed by atoms with E-state index in [1.54, 1.807) is 13.8 Å². The lowest BCUT2D eigenvalue weighted by atomic mass is 9.95. The van der Waals surface area contributed by atoms with Crippen LogP contribution in [0.4, 0.5) is 18.9 Å². The number of hydrogen-bond donors (Lipinski definition) is 1. The number of aryl methyl sites for hydroxylation is 2. The highest BCUT2D eigenvalue weighted by Gasteiger charge is 2.38. The van der Waals surface area contributed by atoms with E-state index in [-0.39, 0.29) is 5.69 Å². The molecule has 0 unspecified atom stereocenters. The van der Waals surface area contributed by atoms with E-state index in [4.69, 9.17) is 4.74 Å². The highest BCUT2D eigenvalue weighted by Crippen LogP contribution is 2.32. The van der Waals surface area contributed by atoms with Crippen molar-refractivity contribution in [2.75, 3.05) is 5.32 Å². The van der Waals surface area contributed by atoms with E-state index in [1.165, 1.54) is 12.1 Å². The molecular formula is C22H18F3NO2. The van der Waals surface area contributed by atoms with Gasteiger partial charge in [-0.2, -0.15) is 13.2 Å². The van der Waals surface area contributed by atoms with Crippen LogP contribution >= 0.6 is 0 Å². The first-order valence-corrected chi connectivity index (χ1v) is 8.57. The van der Waals surface area contributed by atoms with Crippen LogP contribution in [0.3, 0.4) is 0 Å². The second-order valence-electron chi connectivity index (χ2n) is 6.38. The molecule has 1 amide bonds. The third kappa shape index (κ3) is 4.52. The second kappa shape index (κ2) is 7.76. The topological polar surface area (TPSA) is 38.3 Å². The van der Waals surface area contributed by atoms with E-state index in [0.717, 1.165) is 28.0 Å². The van der Waals surface area contributed by atoms with Crippen molar-refractivity contribution < 1.29 is 22.7 Å². The van der Waals surface area contributed by atoms with Crippen molar-refractivity contribution in [2.45, 2.75) is 20.0 Å². The van der Waals surface area contributed by atoms with E-state index < -0.39 is 12.1 Å². The summed E-state index contributed by atoms with van der Waals surface area (Å²) in [5.74, 6) is -0.576. The van der Waals surface area contributed by atoms with Gasteiger partial charge in [-0.15, -0.1) is 0 Å². The van der Waals surface area contributed by atoms with Gasteiger partial charge in [0.05, 0.1) is 0 Å². The van der Waals surface area contributed by atoms with Crippen LogP contribution in [0.2, 0.25) is 0 Å². The highest BCUT2D eigenvalue weighted by molar-refractivity contribution is 5.95. The molecule has 0 fully saturated rings. The molecule has 3 rings (SSSR count). The monoisotopic (exact) mass is 385 g/mol. The number of nitrogens with one attached hydrogen (secondary N) is 1. The average molecular weight is 385 g/mol. The third-order valence-electron chi connectivity index (χ3n) is 4.17. The molecular weight excluding hydrogens is 367 g/mol. The van der Waals surface area contributed by atoms with Gasteiger partial charge in [-0.05, 0) is 72.5 Å². The van der Waals surface area contributed by atoms with E-state index >= 15 is 0 Å². The van der Waals surface area contributed by atoms with Crippen molar-refractivity contribution in [2.24, 2.45) is 0 Å². The lowest BCUT2D eigenvalue weighted by Crippen LogP contribution is -2.30. The van der Waals surface area contributed by atoms with Gasteiger partial charge in [-0.3, -0.25) is 4.79 Å². The zero-order valence-electron chi connectivity index (χ0n) is 15.3. The largest absolute Gasteiger partial charge is 0.471 e. The Balaban J connectivity index is 1.82. The Labute approximate surface area is 160 Å². The summed E-state index contributed by atoms with van der Waals surface area (Å²) < 4.78 is 43.1. The quantitative estimate of drug-likeness (QED) is 0.575. The minimum absolute atomic E-state index is 0.116. The lowest BCUT2D eigenvalue weighted by molar-refractivity contribution is -0.167. The van der Waals surface area contributed by atoms with Crippen LogP contribution in [0.15, 0.2) is 66.7 Å². The van der Waals surface area contributed by atoms with Crippen LogP contribution in [0.25, 0.3) is 11.1 Å². The molecule has 0 aliphatic carbocycles. The molecule has 3 aromatic carbocycles. The Hall–Kier alpha value is -3.28. The van der Waals surface area contributed by atoms with Crippen molar-refractivity contribution in [1.82, 2.24) is 0 Å². The van der Waals surface area contributed by atoms with Crippen LogP contribution < -0.4 is 10.1 Å². The van der Waals surface area contributed by atoms with E-state index in [9.17, 15) is 18.0 Å². The SMILES string of the molecule is Cc1cc(NC(=O)C(F)(F)F)cc(C)c1-c1ccc(Oc2ccccc2)cc1. The van der Waals surface area contributed by atoms with Crippen LogP contribution in [0, 0.1) is 13.8 Å². The number of carbonyl (C=O) groups is 1. The Morgan fingerprint density at radius 2 is 1.39 bits per heavy atom. The predicted molar refractivity (Wildman–Crippen MR) is 103 cm³/mol. The van der Waals surface area contributed by atoms with Gasteiger partial charge in [0, 0.05) is 5.69 Å². The number of halogens is 3. The van der Waals surface area contributed by atoms with Gasteiger partial charge in [0.25, 0.3) is 0 Å². The maximum Gasteiger partial charge on any atom is 0.471 e. The Bertz CT molecular complexity index is 958. The molecule has 0 bridgehead atoms. The van der Waals surface area contributed by atoms with Crippen molar-refractivity contribution in [3.8, 4) is 22.6 Å².